The van der Waals surface area contributed by atoms with E-state index in [1.165, 1.54) is 49.3 Å². The third kappa shape index (κ3) is 3.84. The quantitative estimate of drug-likeness (QED) is 0.809. The van der Waals surface area contributed by atoms with E-state index in [1.54, 1.807) is 0 Å². The second-order valence-electron chi connectivity index (χ2n) is 6.53. The van der Waals surface area contributed by atoms with Crippen LogP contribution in [0, 0.1) is 0 Å². The molecule has 1 saturated carbocycles. The molecule has 1 fully saturated rings. The van der Waals surface area contributed by atoms with Gasteiger partial charge in [-0.25, -0.2) is 4.79 Å². The van der Waals surface area contributed by atoms with E-state index in [0.29, 0.717) is 0 Å². The topological polar surface area (TPSA) is 55.8 Å². The number of benzene rings is 1. The predicted molar refractivity (Wildman–Crippen MR) is 89.0 cm³/mol. The van der Waals surface area contributed by atoms with E-state index in [4.69, 9.17) is 9.90 Å². The van der Waals surface area contributed by atoms with E-state index in [2.05, 4.69) is 33.3 Å². The van der Waals surface area contributed by atoms with Crippen molar-refractivity contribution in [2.24, 2.45) is 0 Å². The molecule has 25 heavy (non-hydrogen) atoms. The lowest BCUT2D eigenvalue weighted by Gasteiger charge is -2.46. The minimum absolute atomic E-state index is 0.815. The van der Waals surface area contributed by atoms with Crippen molar-refractivity contribution in [3.05, 3.63) is 23.8 Å². The summed E-state index contributed by atoms with van der Waals surface area (Å²) in [4.78, 5) is 14.1. The number of hydrogen-bond acceptors (Lipinski definition) is 4. The Bertz CT molecular complexity index is 632. The van der Waals surface area contributed by atoms with Crippen LogP contribution in [0.1, 0.15) is 24.8 Å². The molecule has 4 rings (SSSR count). The zero-order valence-corrected chi connectivity index (χ0v) is 13.9. The number of carboxylic acids is 1. The van der Waals surface area contributed by atoms with Crippen LogP contribution in [-0.4, -0.2) is 49.5 Å². The molecule has 138 valence electrons. The van der Waals surface area contributed by atoms with Crippen molar-refractivity contribution in [1.29, 1.82) is 0 Å². The Labute approximate surface area is 144 Å². The lowest BCUT2D eigenvalue weighted by Crippen LogP contribution is -2.49. The maximum Gasteiger partial charge on any atom is 0.490 e. The molecular weight excluding hydrogens is 335 g/mol. The lowest BCUT2D eigenvalue weighted by molar-refractivity contribution is -0.192. The number of nitrogens with one attached hydrogen (secondary N) is 1. The van der Waals surface area contributed by atoms with Crippen molar-refractivity contribution in [3.8, 4) is 0 Å². The first kappa shape index (κ1) is 17.8. The van der Waals surface area contributed by atoms with Crippen LogP contribution in [0.25, 0.3) is 0 Å². The summed E-state index contributed by atoms with van der Waals surface area (Å²) in [7, 11) is 0. The summed E-state index contributed by atoms with van der Waals surface area (Å²) in [5, 5.41) is 10.7. The smallest absolute Gasteiger partial charge is 0.475 e. The van der Waals surface area contributed by atoms with Crippen LogP contribution in [0.3, 0.4) is 0 Å². The second kappa shape index (κ2) is 7.11. The summed E-state index contributed by atoms with van der Waals surface area (Å²) in [6, 6.07) is 7.66. The SMILES string of the molecule is O=C(O)C(F)(F)F.c1cc2c3c(c1)N(C1CCC1)CCN3CCNC2. The minimum Gasteiger partial charge on any atom is -0.475 e. The molecule has 0 spiro atoms. The Morgan fingerprint density at radius 2 is 1.92 bits per heavy atom. The molecule has 1 aromatic carbocycles. The van der Waals surface area contributed by atoms with Crippen molar-refractivity contribution in [1.82, 2.24) is 5.32 Å². The van der Waals surface area contributed by atoms with Gasteiger partial charge in [0.1, 0.15) is 0 Å². The standard InChI is InChI=1S/C15H21N3.C2HF3O2/c1-3-12-11-16-7-8-17-9-10-18(13-4-2-5-13)14(6-1)15(12)17;3-2(4,5)1(6)7/h1,3,6,13,16H,2,4-5,7-11H2;(H,6,7). The molecule has 3 aliphatic rings. The Morgan fingerprint density at radius 3 is 2.52 bits per heavy atom. The van der Waals surface area contributed by atoms with E-state index in [0.717, 1.165) is 25.7 Å². The number of para-hydroxylation sites is 1. The maximum atomic E-state index is 10.6. The molecule has 1 aromatic rings. The first-order chi connectivity index (χ1) is 11.9. The summed E-state index contributed by atoms with van der Waals surface area (Å²) < 4.78 is 31.7. The van der Waals surface area contributed by atoms with E-state index >= 15 is 0 Å². The van der Waals surface area contributed by atoms with Gasteiger partial charge in [0.2, 0.25) is 0 Å². The number of anilines is 2. The number of carboxylic acid groups (broad SMARTS) is 1. The second-order valence-corrected chi connectivity index (χ2v) is 6.53. The Hall–Kier alpha value is -1.96. The minimum atomic E-state index is -5.08. The molecule has 2 N–H and O–H groups in total. The average molecular weight is 357 g/mol. The number of hydrogen-bond donors (Lipinski definition) is 2. The highest BCUT2D eigenvalue weighted by atomic mass is 19.4. The molecule has 2 aliphatic heterocycles. The van der Waals surface area contributed by atoms with Gasteiger partial charge in [-0.3, -0.25) is 0 Å². The van der Waals surface area contributed by atoms with Gasteiger partial charge in [0.25, 0.3) is 0 Å². The summed E-state index contributed by atoms with van der Waals surface area (Å²) >= 11 is 0. The predicted octanol–water partition coefficient (Wildman–Crippen LogP) is 2.60. The van der Waals surface area contributed by atoms with Gasteiger partial charge in [0.15, 0.2) is 0 Å². The van der Waals surface area contributed by atoms with Crippen molar-refractivity contribution >= 4 is 17.3 Å². The summed E-state index contributed by atoms with van der Waals surface area (Å²) in [6.07, 6.45) is -0.884. The third-order valence-corrected chi connectivity index (χ3v) is 4.97. The molecule has 0 aromatic heterocycles. The number of rotatable bonds is 1. The highest BCUT2D eigenvalue weighted by Crippen LogP contribution is 2.41. The highest BCUT2D eigenvalue weighted by Gasteiger charge is 2.38. The molecule has 1 aliphatic carbocycles. The number of carbonyl (C=O) groups is 1. The first-order valence-corrected chi connectivity index (χ1v) is 8.52. The van der Waals surface area contributed by atoms with Crippen LogP contribution in [0.4, 0.5) is 24.5 Å². The van der Waals surface area contributed by atoms with Gasteiger partial charge in [0, 0.05) is 38.8 Å². The Balaban J connectivity index is 0.000000225. The molecule has 2 heterocycles. The Morgan fingerprint density at radius 1 is 1.20 bits per heavy atom. The normalized spacial score (nSPS) is 20.0. The van der Waals surface area contributed by atoms with Gasteiger partial charge in [-0.15, -0.1) is 0 Å². The van der Waals surface area contributed by atoms with Gasteiger partial charge >= 0.3 is 12.1 Å². The van der Waals surface area contributed by atoms with Crippen LogP contribution in [0.15, 0.2) is 18.2 Å². The molecule has 0 amide bonds. The maximum absolute atomic E-state index is 10.6. The monoisotopic (exact) mass is 357 g/mol. The summed E-state index contributed by atoms with van der Waals surface area (Å²) in [5.74, 6) is -2.76. The van der Waals surface area contributed by atoms with Crippen molar-refractivity contribution < 1.29 is 23.1 Å². The molecule has 0 unspecified atom stereocenters. The molecule has 0 bridgehead atoms. The zero-order valence-electron chi connectivity index (χ0n) is 13.9. The highest BCUT2D eigenvalue weighted by molar-refractivity contribution is 5.77. The van der Waals surface area contributed by atoms with Gasteiger partial charge in [-0.1, -0.05) is 12.1 Å². The van der Waals surface area contributed by atoms with Gasteiger partial charge in [0.05, 0.1) is 11.4 Å². The van der Waals surface area contributed by atoms with E-state index < -0.39 is 12.1 Å². The summed E-state index contributed by atoms with van der Waals surface area (Å²) in [5.41, 5.74) is 4.49. The lowest BCUT2D eigenvalue weighted by atomic mass is 9.90. The van der Waals surface area contributed by atoms with E-state index in [9.17, 15) is 13.2 Å². The van der Waals surface area contributed by atoms with Crippen molar-refractivity contribution in [3.63, 3.8) is 0 Å². The molecular formula is C17H22F3N3O2. The van der Waals surface area contributed by atoms with Crippen LogP contribution in [-0.2, 0) is 11.3 Å². The number of alkyl halides is 3. The number of halogens is 3. The summed E-state index contributed by atoms with van der Waals surface area (Å²) in [6.45, 7) is 5.70. The molecule has 8 heteroatoms. The zero-order chi connectivity index (χ0) is 18.0. The third-order valence-electron chi connectivity index (χ3n) is 4.97. The van der Waals surface area contributed by atoms with Gasteiger partial charge in [-0.05, 0) is 30.9 Å². The fourth-order valence-corrected chi connectivity index (χ4v) is 3.52. The Kier molecular flexibility index (Phi) is 5.08. The van der Waals surface area contributed by atoms with Crippen molar-refractivity contribution in [2.45, 2.75) is 38.0 Å². The fourth-order valence-electron chi connectivity index (χ4n) is 3.52. The van der Waals surface area contributed by atoms with Crippen LogP contribution in [0.2, 0.25) is 0 Å². The molecule has 0 atom stereocenters. The first-order valence-electron chi connectivity index (χ1n) is 8.52. The molecule has 0 radical (unpaired) electrons. The molecule has 5 nitrogen and oxygen atoms in total. The van der Waals surface area contributed by atoms with Gasteiger partial charge in [-0.2, -0.15) is 13.2 Å². The number of nitrogens with zero attached hydrogens (tertiary/aromatic N) is 2. The average Bonchev–Trinajstić information content (AvgIpc) is 2.71. The van der Waals surface area contributed by atoms with E-state index in [1.807, 2.05) is 0 Å². The van der Waals surface area contributed by atoms with E-state index in [-0.39, 0.29) is 0 Å². The fraction of sp³-hybridized carbons (Fsp3) is 0.588. The van der Waals surface area contributed by atoms with Crippen LogP contribution >= 0.6 is 0 Å². The largest absolute Gasteiger partial charge is 0.490 e. The van der Waals surface area contributed by atoms with Crippen molar-refractivity contribution in [2.75, 3.05) is 36.0 Å². The van der Waals surface area contributed by atoms with Crippen LogP contribution in [0.5, 0.6) is 0 Å². The number of aliphatic carboxylic acids is 1. The van der Waals surface area contributed by atoms with Gasteiger partial charge < -0.3 is 20.2 Å². The van der Waals surface area contributed by atoms with Crippen LogP contribution < -0.4 is 15.1 Å². The molecule has 0 saturated heterocycles.